The standard InChI is InChI=1S/C10H14N5S/c1-13-6-4-8(5-7-13)9-11-14(2)10(16)15(3)12-9/h4-7H,1-3H3,(H,11,12)/q+1. The summed E-state index contributed by atoms with van der Waals surface area (Å²) in [6.45, 7) is 0. The summed E-state index contributed by atoms with van der Waals surface area (Å²) in [7, 11) is 5.69. The van der Waals surface area contributed by atoms with E-state index in [1.807, 2.05) is 50.2 Å². The molecule has 1 aliphatic rings. The van der Waals surface area contributed by atoms with Gasteiger partial charge >= 0.3 is 0 Å². The van der Waals surface area contributed by atoms with Gasteiger partial charge in [-0.3, -0.25) is 10.4 Å². The largest absolute Gasteiger partial charge is 0.278 e. The second kappa shape index (κ2) is 4.05. The molecule has 0 fully saturated rings. The van der Waals surface area contributed by atoms with E-state index in [1.165, 1.54) is 0 Å². The van der Waals surface area contributed by atoms with Crippen molar-refractivity contribution in [1.29, 1.82) is 0 Å². The van der Waals surface area contributed by atoms with Crippen molar-refractivity contribution in [2.45, 2.75) is 0 Å². The molecule has 0 atom stereocenters. The SMILES string of the molecule is CN1N=C(c2cc[n+](C)cc2)NN(C)C1=S. The number of nitrogens with one attached hydrogen (secondary N) is 1. The summed E-state index contributed by atoms with van der Waals surface area (Å²) in [5, 5.41) is 8.45. The Morgan fingerprint density at radius 1 is 1.31 bits per heavy atom. The van der Waals surface area contributed by atoms with Gasteiger partial charge in [0.25, 0.3) is 0 Å². The third-order valence-corrected chi connectivity index (χ3v) is 2.88. The molecule has 84 valence electrons. The number of hydrazine groups is 1. The Balaban J connectivity index is 2.31. The molecule has 6 heteroatoms. The van der Waals surface area contributed by atoms with Crippen LogP contribution in [0.3, 0.4) is 0 Å². The van der Waals surface area contributed by atoms with Gasteiger partial charge in [-0.2, -0.15) is 5.10 Å². The van der Waals surface area contributed by atoms with Crippen LogP contribution in [0.4, 0.5) is 0 Å². The molecule has 2 rings (SSSR count). The highest BCUT2D eigenvalue weighted by Gasteiger charge is 2.19. The van der Waals surface area contributed by atoms with E-state index in [0.717, 1.165) is 11.4 Å². The van der Waals surface area contributed by atoms with Crippen molar-refractivity contribution in [2.24, 2.45) is 12.1 Å². The van der Waals surface area contributed by atoms with E-state index in [-0.39, 0.29) is 0 Å². The van der Waals surface area contributed by atoms with Crippen molar-refractivity contribution in [2.75, 3.05) is 14.1 Å². The van der Waals surface area contributed by atoms with E-state index in [1.54, 1.807) is 10.0 Å². The van der Waals surface area contributed by atoms with Crippen molar-refractivity contribution < 1.29 is 4.57 Å². The van der Waals surface area contributed by atoms with Gasteiger partial charge in [0, 0.05) is 31.8 Å². The Bertz CT molecular complexity index is 439. The minimum Gasteiger partial charge on any atom is -0.278 e. The highest BCUT2D eigenvalue weighted by Crippen LogP contribution is 2.05. The minimum atomic E-state index is 0.644. The molecule has 0 unspecified atom stereocenters. The summed E-state index contributed by atoms with van der Waals surface area (Å²) >= 11 is 5.15. The lowest BCUT2D eigenvalue weighted by molar-refractivity contribution is -0.671. The quantitative estimate of drug-likeness (QED) is 0.543. The maximum atomic E-state index is 5.15. The summed E-state index contributed by atoms with van der Waals surface area (Å²) in [5.41, 5.74) is 4.15. The highest BCUT2D eigenvalue weighted by atomic mass is 32.1. The molecule has 2 heterocycles. The predicted octanol–water partition coefficient (Wildman–Crippen LogP) is -0.161. The number of rotatable bonds is 1. The maximum Gasteiger partial charge on any atom is 0.210 e. The lowest BCUT2D eigenvalue weighted by Crippen LogP contribution is -2.52. The Morgan fingerprint density at radius 3 is 2.50 bits per heavy atom. The van der Waals surface area contributed by atoms with Crippen molar-refractivity contribution >= 4 is 23.2 Å². The van der Waals surface area contributed by atoms with Gasteiger partial charge < -0.3 is 0 Å². The van der Waals surface area contributed by atoms with Crippen LogP contribution < -0.4 is 9.99 Å². The minimum absolute atomic E-state index is 0.644. The zero-order valence-electron chi connectivity index (χ0n) is 9.51. The van der Waals surface area contributed by atoms with Crippen molar-refractivity contribution in [1.82, 2.24) is 15.4 Å². The number of amidine groups is 1. The summed E-state index contributed by atoms with van der Waals surface area (Å²) in [6, 6.07) is 4.00. The fourth-order valence-corrected chi connectivity index (χ4v) is 1.51. The molecule has 0 spiro atoms. The first-order valence-electron chi connectivity index (χ1n) is 4.90. The van der Waals surface area contributed by atoms with Gasteiger partial charge in [0.05, 0.1) is 0 Å². The van der Waals surface area contributed by atoms with Crippen LogP contribution in [-0.2, 0) is 7.05 Å². The Labute approximate surface area is 99.9 Å². The number of hydrogen-bond donors (Lipinski definition) is 1. The van der Waals surface area contributed by atoms with E-state index in [4.69, 9.17) is 12.2 Å². The zero-order valence-corrected chi connectivity index (χ0v) is 10.3. The molecule has 1 aromatic rings. The van der Waals surface area contributed by atoms with Crippen molar-refractivity contribution in [3.8, 4) is 0 Å². The monoisotopic (exact) mass is 236 g/mol. The fourth-order valence-electron chi connectivity index (χ4n) is 1.42. The molecular formula is C10H14N5S+. The van der Waals surface area contributed by atoms with Gasteiger partial charge in [0.2, 0.25) is 5.11 Å². The molecule has 1 aromatic heterocycles. The average molecular weight is 236 g/mol. The first-order chi connectivity index (χ1) is 7.58. The average Bonchev–Trinajstić information content (AvgIpc) is 2.26. The van der Waals surface area contributed by atoms with Crippen LogP contribution in [0.5, 0.6) is 0 Å². The number of hydrazone groups is 1. The lowest BCUT2D eigenvalue weighted by Gasteiger charge is -2.31. The third kappa shape index (κ3) is 1.96. The lowest BCUT2D eigenvalue weighted by atomic mass is 10.2. The predicted molar refractivity (Wildman–Crippen MR) is 65.4 cm³/mol. The van der Waals surface area contributed by atoms with E-state index in [2.05, 4.69) is 10.5 Å². The molecule has 0 saturated carbocycles. The molecule has 0 aliphatic carbocycles. The van der Waals surface area contributed by atoms with E-state index < -0.39 is 0 Å². The van der Waals surface area contributed by atoms with Crippen LogP contribution in [0.2, 0.25) is 0 Å². The maximum absolute atomic E-state index is 5.15. The first-order valence-corrected chi connectivity index (χ1v) is 5.31. The first kappa shape index (κ1) is 10.8. The van der Waals surface area contributed by atoms with Crippen molar-refractivity contribution in [3.05, 3.63) is 30.1 Å². The molecule has 0 radical (unpaired) electrons. The summed E-state index contributed by atoms with van der Waals surface area (Å²) in [5.74, 6) is 0.791. The number of aromatic nitrogens is 1. The number of thiocarbonyl (C=S) groups is 1. The van der Waals surface area contributed by atoms with Crippen LogP contribution in [0.25, 0.3) is 0 Å². The van der Waals surface area contributed by atoms with E-state index >= 15 is 0 Å². The van der Waals surface area contributed by atoms with Gasteiger partial charge in [-0.1, -0.05) is 0 Å². The molecule has 1 aliphatic heterocycles. The Morgan fingerprint density at radius 2 is 1.94 bits per heavy atom. The highest BCUT2D eigenvalue weighted by molar-refractivity contribution is 7.80. The van der Waals surface area contributed by atoms with E-state index in [0.29, 0.717) is 5.11 Å². The number of nitrogens with zero attached hydrogens (tertiary/aromatic N) is 4. The zero-order chi connectivity index (χ0) is 11.7. The number of hydrogen-bond acceptors (Lipinski definition) is 3. The van der Waals surface area contributed by atoms with Gasteiger partial charge in [-0.05, 0) is 12.2 Å². The normalized spacial score (nSPS) is 15.9. The van der Waals surface area contributed by atoms with Crippen LogP contribution in [0.15, 0.2) is 29.6 Å². The summed E-state index contributed by atoms with van der Waals surface area (Å²) in [4.78, 5) is 0. The van der Waals surface area contributed by atoms with Gasteiger partial charge in [-0.25, -0.2) is 9.58 Å². The molecule has 1 N–H and O–H groups in total. The van der Waals surface area contributed by atoms with Crippen LogP contribution in [0.1, 0.15) is 5.56 Å². The third-order valence-electron chi connectivity index (χ3n) is 2.34. The van der Waals surface area contributed by atoms with Gasteiger partial charge in [0.15, 0.2) is 18.2 Å². The smallest absolute Gasteiger partial charge is 0.210 e. The van der Waals surface area contributed by atoms with Crippen LogP contribution in [0, 0.1) is 0 Å². The molecule has 5 nitrogen and oxygen atoms in total. The molecule has 0 amide bonds. The van der Waals surface area contributed by atoms with Crippen LogP contribution >= 0.6 is 12.2 Å². The Hall–Kier alpha value is -1.69. The van der Waals surface area contributed by atoms with Crippen LogP contribution in [-0.4, -0.2) is 35.1 Å². The summed E-state index contributed by atoms with van der Waals surface area (Å²) in [6.07, 6.45) is 3.96. The summed E-state index contributed by atoms with van der Waals surface area (Å²) < 4.78 is 1.98. The molecular weight excluding hydrogens is 222 g/mol. The van der Waals surface area contributed by atoms with Gasteiger partial charge in [-0.15, -0.1) is 0 Å². The Kier molecular flexibility index (Phi) is 2.74. The molecule has 0 bridgehead atoms. The van der Waals surface area contributed by atoms with Crippen molar-refractivity contribution in [3.63, 3.8) is 0 Å². The molecule has 0 saturated heterocycles. The number of aryl methyl sites for hydroxylation is 1. The second-order valence-corrected chi connectivity index (χ2v) is 4.04. The number of pyridine rings is 1. The molecule has 16 heavy (non-hydrogen) atoms. The second-order valence-electron chi connectivity index (χ2n) is 3.68. The topological polar surface area (TPSA) is 34.8 Å². The molecule has 0 aromatic carbocycles. The van der Waals surface area contributed by atoms with E-state index in [9.17, 15) is 0 Å². The fraction of sp³-hybridized carbons (Fsp3) is 0.300. The van der Waals surface area contributed by atoms with Gasteiger partial charge in [0.1, 0.15) is 7.05 Å².